The Labute approximate surface area is 156 Å². The summed E-state index contributed by atoms with van der Waals surface area (Å²) in [7, 11) is 2.69. The third-order valence-corrected chi connectivity index (χ3v) is 5.26. The van der Waals surface area contributed by atoms with Gasteiger partial charge in [0.15, 0.2) is 11.5 Å². The number of hydrogen-bond donors (Lipinski definition) is 1. The van der Waals surface area contributed by atoms with Gasteiger partial charge >= 0.3 is 5.97 Å². The Kier molecular flexibility index (Phi) is 5.89. The molecule has 1 aromatic carbocycles. The number of thiocarbonyl (C=S) groups is 1. The Hall–Kier alpha value is -1.58. The van der Waals surface area contributed by atoms with Gasteiger partial charge in [-0.05, 0) is 46.6 Å². The lowest BCUT2D eigenvalue weighted by molar-refractivity contribution is -0.147. The maximum absolute atomic E-state index is 12.5. The molecule has 1 heterocycles. The summed E-state index contributed by atoms with van der Waals surface area (Å²) in [6, 6.07) is 2.44. The number of methoxy groups -OCH3 is 2. The zero-order valence-corrected chi connectivity index (χ0v) is 16.3. The Bertz CT molecular complexity index is 750. The molecule has 128 valence electrons. The average Bonchev–Trinajstić information content (AvgIpc) is 2.83. The van der Waals surface area contributed by atoms with Crippen molar-refractivity contribution < 1.29 is 24.2 Å². The van der Waals surface area contributed by atoms with Crippen LogP contribution in [0.3, 0.4) is 0 Å². The SMILES string of the molecule is COC(=O)[C@H](C)N1C(=O)/C(=C/c2cc(Br)c(O)c(OC)c2)SC1=S. The number of nitrogens with zero attached hydrogens (tertiary/aromatic N) is 1. The monoisotopic (exact) mass is 431 g/mol. The molecule has 0 radical (unpaired) electrons. The first-order valence-corrected chi connectivity index (χ1v) is 8.73. The molecular weight excluding hydrogens is 418 g/mol. The number of phenols is 1. The van der Waals surface area contributed by atoms with Gasteiger partial charge in [-0.25, -0.2) is 4.79 Å². The van der Waals surface area contributed by atoms with E-state index in [1.807, 2.05) is 0 Å². The van der Waals surface area contributed by atoms with E-state index in [0.717, 1.165) is 11.8 Å². The highest BCUT2D eigenvalue weighted by molar-refractivity contribution is 9.10. The van der Waals surface area contributed by atoms with E-state index < -0.39 is 12.0 Å². The number of phenolic OH excluding ortho intramolecular Hbond substituents is 1. The van der Waals surface area contributed by atoms with Crippen LogP contribution in [-0.4, -0.2) is 46.5 Å². The van der Waals surface area contributed by atoms with Crippen molar-refractivity contribution in [3.63, 3.8) is 0 Å². The van der Waals surface area contributed by atoms with Crippen molar-refractivity contribution in [2.45, 2.75) is 13.0 Å². The summed E-state index contributed by atoms with van der Waals surface area (Å²) in [5, 5.41) is 9.83. The average molecular weight is 432 g/mol. The summed E-state index contributed by atoms with van der Waals surface area (Å²) in [5.74, 6) is -0.664. The maximum atomic E-state index is 12.5. The Morgan fingerprint density at radius 3 is 2.71 bits per heavy atom. The van der Waals surface area contributed by atoms with Crippen LogP contribution in [-0.2, 0) is 14.3 Å². The van der Waals surface area contributed by atoms with Gasteiger partial charge in [0, 0.05) is 0 Å². The normalized spacial score (nSPS) is 17.3. The largest absolute Gasteiger partial charge is 0.503 e. The summed E-state index contributed by atoms with van der Waals surface area (Å²) in [5.41, 5.74) is 0.641. The molecule has 1 aromatic rings. The van der Waals surface area contributed by atoms with E-state index in [0.29, 0.717) is 14.9 Å². The van der Waals surface area contributed by atoms with E-state index in [4.69, 9.17) is 17.0 Å². The number of aromatic hydroxyl groups is 1. The molecule has 6 nitrogen and oxygen atoms in total. The number of halogens is 1. The molecule has 0 spiro atoms. The summed E-state index contributed by atoms with van der Waals surface area (Å²) in [4.78, 5) is 25.8. The molecule has 9 heteroatoms. The van der Waals surface area contributed by atoms with Crippen molar-refractivity contribution in [3.8, 4) is 11.5 Å². The van der Waals surface area contributed by atoms with Crippen LogP contribution in [0.4, 0.5) is 0 Å². The van der Waals surface area contributed by atoms with Gasteiger partial charge in [0.05, 0.1) is 23.6 Å². The van der Waals surface area contributed by atoms with E-state index in [9.17, 15) is 14.7 Å². The van der Waals surface area contributed by atoms with Crippen molar-refractivity contribution in [1.29, 1.82) is 0 Å². The zero-order valence-electron chi connectivity index (χ0n) is 13.0. The van der Waals surface area contributed by atoms with Crippen LogP contribution >= 0.6 is 39.9 Å². The highest BCUT2D eigenvalue weighted by Gasteiger charge is 2.38. The smallest absolute Gasteiger partial charge is 0.328 e. The minimum Gasteiger partial charge on any atom is -0.503 e. The van der Waals surface area contributed by atoms with Crippen molar-refractivity contribution in [3.05, 3.63) is 27.1 Å². The predicted octanol–water partition coefficient (Wildman–Crippen LogP) is 2.93. The molecule has 1 atom stereocenters. The Morgan fingerprint density at radius 2 is 2.12 bits per heavy atom. The van der Waals surface area contributed by atoms with Gasteiger partial charge in [-0.3, -0.25) is 9.69 Å². The molecule has 0 bridgehead atoms. The molecule has 1 fully saturated rings. The van der Waals surface area contributed by atoms with Crippen molar-refractivity contribution in [1.82, 2.24) is 4.90 Å². The first-order chi connectivity index (χ1) is 11.3. The summed E-state index contributed by atoms with van der Waals surface area (Å²) in [6.45, 7) is 1.56. The standard InChI is InChI=1S/C15H14BrNO5S2/c1-7(14(20)22-3)17-13(19)11(24-15(17)23)6-8-4-9(16)12(18)10(5-8)21-2/h4-7,18H,1-3H3/b11-6-/t7-/m0/s1. The quantitative estimate of drug-likeness (QED) is 0.446. The molecule has 1 amide bonds. The van der Waals surface area contributed by atoms with E-state index in [1.165, 1.54) is 19.1 Å². The van der Waals surface area contributed by atoms with Gasteiger partial charge in [-0.2, -0.15) is 0 Å². The van der Waals surface area contributed by atoms with Crippen LogP contribution in [0.25, 0.3) is 6.08 Å². The lowest BCUT2D eigenvalue weighted by Crippen LogP contribution is -2.42. The molecule has 1 aliphatic rings. The second-order valence-corrected chi connectivity index (χ2v) is 7.33. The second kappa shape index (κ2) is 7.54. The van der Waals surface area contributed by atoms with Gasteiger partial charge < -0.3 is 14.6 Å². The molecule has 1 aliphatic heterocycles. The number of carbonyl (C=O) groups excluding carboxylic acids is 2. The second-order valence-electron chi connectivity index (χ2n) is 4.80. The molecular formula is C15H14BrNO5S2. The van der Waals surface area contributed by atoms with Crippen LogP contribution in [0, 0.1) is 0 Å². The lowest BCUT2D eigenvalue weighted by Gasteiger charge is -2.20. The number of esters is 1. The van der Waals surface area contributed by atoms with Gasteiger partial charge in [0.2, 0.25) is 0 Å². The molecule has 24 heavy (non-hydrogen) atoms. The number of hydrogen-bond acceptors (Lipinski definition) is 7. The molecule has 2 rings (SSSR count). The van der Waals surface area contributed by atoms with E-state index >= 15 is 0 Å². The van der Waals surface area contributed by atoms with E-state index in [-0.39, 0.29) is 21.7 Å². The summed E-state index contributed by atoms with van der Waals surface area (Å²) in [6.07, 6.45) is 1.62. The first-order valence-electron chi connectivity index (χ1n) is 6.71. The predicted molar refractivity (Wildman–Crippen MR) is 98.8 cm³/mol. The molecule has 1 saturated heterocycles. The third kappa shape index (κ3) is 3.57. The van der Waals surface area contributed by atoms with Crippen LogP contribution in [0.1, 0.15) is 12.5 Å². The number of ether oxygens (including phenoxy) is 2. The summed E-state index contributed by atoms with van der Waals surface area (Å²) < 4.78 is 10.5. The molecule has 1 N–H and O–H groups in total. The van der Waals surface area contributed by atoms with Gasteiger partial charge in [-0.15, -0.1) is 0 Å². The number of thioether (sulfide) groups is 1. The van der Waals surface area contributed by atoms with Gasteiger partial charge in [0.25, 0.3) is 5.91 Å². The van der Waals surface area contributed by atoms with Gasteiger partial charge in [0.1, 0.15) is 10.4 Å². The topological polar surface area (TPSA) is 76.1 Å². The van der Waals surface area contributed by atoms with E-state index in [2.05, 4.69) is 20.7 Å². The molecule has 0 saturated carbocycles. The van der Waals surface area contributed by atoms with Crippen molar-refractivity contribution >= 4 is 62.2 Å². The molecule has 0 aromatic heterocycles. The maximum Gasteiger partial charge on any atom is 0.328 e. The number of rotatable bonds is 4. The zero-order chi connectivity index (χ0) is 18.0. The van der Waals surface area contributed by atoms with Crippen LogP contribution in [0.5, 0.6) is 11.5 Å². The van der Waals surface area contributed by atoms with E-state index in [1.54, 1.807) is 25.1 Å². The Morgan fingerprint density at radius 1 is 1.46 bits per heavy atom. The number of benzene rings is 1. The minimum atomic E-state index is -0.797. The van der Waals surface area contributed by atoms with Crippen LogP contribution in [0.2, 0.25) is 0 Å². The minimum absolute atomic E-state index is 0.0264. The lowest BCUT2D eigenvalue weighted by atomic mass is 10.1. The van der Waals surface area contributed by atoms with Crippen LogP contribution < -0.4 is 4.74 Å². The molecule has 0 aliphatic carbocycles. The highest BCUT2D eigenvalue weighted by atomic mass is 79.9. The fraction of sp³-hybridized carbons (Fsp3) is 0.267. The highest BCUT2D eigenvalue weighted by Crippen LogP contribution is 2.38. The number of amides is 1. The van der Waals surface area contributed by atoms with Crippen LogP contribution in [0.15, 0.2) is 21.5 Å². The fourth-order valence-corrected chi connectivity index (χ4v) is 3.95. The molecule has 0 unspecified atom stereocenters. The summed E-state index contributed by atoms with van der Waals surface area (Å²) >= 11 is 9.52. The third-order valence-electron chi connectivity index (χ3n) is 3.32. The van der Waals surface area contributed by atoms with Crippen molar-refractivity contribution in [2.75, 3.05) is 14.2 Å². The first kappa shape index (κ1) is 18.8. The Balaban J connectivity index is 2.36. The fourth-order valence-electron chi connectivity index (χ4n) is 2.07. The van der Waals surface area contributed by atoms with Gasteiger partial charge in [-0.1, -0.05) is 24.0 Å². The number of carbonyl (C=O) groups is 2. The van der Waals surface area contributed by atoms with Crippen molar-refractivity contribution in [2.24, 2.45) is 0 Å².